The molecule has 0 radical (unpaired) electrons. The average molecular weight is 723 g/mol. The van der Waals surface area contributed by atoms with Crippen LogP contribution < -0.4 is 0 Å². The number of aliphatic carboxylic acids is 1. The van der Waals surface area contributed by atoms with Gasteiger partial charge in [-0.2, -0.15) is 0 Å². The van der Waals surface area contributed by atoms with Gasteiger partial charge in [0.1, 0.15) is 6.61 Å². The minimum Gasteiger partial charge on any atom is -0.477 e. The number of quaternary nitrogens is 1. The van der Waals surface area contributed by atoms with Crippen molar-refractivity contribution in [3.05, 3.63) is 24.3 Å². The summed E-state index contributed by atoms with van der Waals surface area (Å²) in [7, 11) is 5.51. The molecule has 8 heteroatoms. The first-order valence-corrected chi connectivity index (χ1v) is 20.9. The number of allylic oxidation sites excluding steroid dienone is 4. The van der Waals surface area contributed by atoms with E-state index in [0.29, 0.717) is 19.3 Å². The van der Waals surface area contributed by atoms with Crippen LogP contribution in [-0.2, 0) is 28.6 Å². The van der Waals surface area contributed by atoms with Gasteiger partial charge in [0.25, 0.3) is 0 Å². The van der Waals surface area contributed by atoms with Crippen molar-refractivity contribution in [3.63, 3.8) is 0 Å². The third-order valence-corrected chi connectivity index (χ3v) is 9.38. The first-order valence-electron chi connectivity index (χ1n) is 20.9. The van der Waals surface area contributed by atoms with Crippen molar-refractivity contribution in [1.82, 2.24) is 0 Å². The van der Waals surface area contributed by atoms with E-state index in [-0.39, 0.29) is 36.2 Å². The van der Waals surface area contributed by atoms with Crippen LogP contribution in [0.15, 0.2) is 24.3 Å². The molecule has 0 aromatic heterocycles. The van der Waals surface area contributed by atoms with Gasteiger partial charge in [0.05, 0.1) is 34.4 Å². The number of carbonyl (C=O) groups excluding carboxylic acids is 2. The molecule has 51 heavy (non-hydrogen) atoms. The number of carboxylic acid groups (broad SMARTS) is 1. The number of carboxylic acids is 1. The lowest BCUT2D eigenvalue weighted by Gasteiger charge is -2.31. The lowest BCUT2D eigenvalue weighted by molar-refractivity contribution is -0.887. The molecule has 0 fully saturated rings. The Morgan fingerprint density at radius 1 is 0.588 bits per heavy atom. The van der Waals surface area contributed by atoms with Gasteiger partial charge in [0.15, 0.2) is 12.1 Å². The van der Waals surface area contributed by atoms with Crippen molar-refractivity contribution >= 4 is 17.9 Å². The van der Waals surface area contributed by atoms with E-state index in [0.717, 1.165) is 51.4 Å². The van der Waals surface area contributed by atoms with Gasteiger partial charge in [0, 0.05) is 19.3 Å². The number of unbranched alkanes of at least 4 members (excludes halogenated alkanes) is 20. The zero-order valence-electron chi connectivity index (χ0n) is 33.8. The molecule has 0 aliphatic rings. The number of carbonyl (C=O) groups is 3. The van der Waals surface area contributed by atoms with Crippen molar-refractivity contribution in [1.29, 1.82) is 0 Å². The molecular weight excluding hydrogens is 642 g/mol. The minimum absolute atomic E-state index is 0.0561. The largest absolute Gasteiger partial charge is 0.477 e. The Balaban J connectivity index is 4.40. The number of likely N-dealkylation sites (N-methyl/N-ethyl adjacent to an activating group) is 1. The number of hydrogen-bond acceptors (Lipinski definition) is 6. The summed E-state index contributed by atoms with van der Waals surface area (Å²) in [6, 6.07) is -0.614. The summed E-state index contributed by atoms with van der Waals surface area (Å²) in [5, 5.41) is 9.59. The van der Waals surface area contributed by atoms with E-state index in [4.69, 9.17) is 14.2 Å². The van der Waals surface area contributed by atoms with Crippen molar-refractivity contribution in [3.8, 4) is 0 Å². The Kier molecular flexibility index (Phi) is 33.4. The summed E-state index contributed by atoms with van der Waals surface area (Å²) in [5.74, 6) is -1.50. The van der Waals surface area contributed by atoms with Crippen molar-refractivity contribution in [2.75, 3.05) is 41.0 Å². The molecule has 0 saturated carbocycles. The average Bonchev–Trinajstić information content (AvgIpc) is 3.08. The standard InChI is InChI=1S/C43H79NO7/c1-6-8-10-12-14-16-18-19-20-21-22-24-25-27-29-31-33-41(45)50-38-39(37-49-36-35-40(43(47)48)44(3,4)5)51-42(46)34-32-30-28-26-23-17-15-13-11-9-7-2/h20-22,24,39-40H,6-19,23,25-38H2,1-5H3/p+1/b21-20+,24-22+. The molecule has 0 aliphatic heterocycles. The van der Waals surface area contributed by atoms with Gasteiger partial charge in [-0.15, -0.1) is 0 Å². The molecule has 0 aliphatic carbocycles. The first kappa shape index (κ1) is 48.8. The van der Waals surface area contributed by atoms with Crippen LogP contribution in [0.25, 0.3) is 0 Å². The second kappa shape index (κ2) is 34.9. The van der Waals surface area contributed by atoms with Crippen LogP contribution in [0.4, 0.5) is 0 Å². The summed E-state index contributed by atoms with van der Waals surface area (Å²) in [4.78, 5) is 36.8. The lowest BCUT2D eigenvalue weighted by Crippen LogP contribution is -2.50. The molecule has 8 nitrogen and oxygen atoms in total. The fourth-order valence-corrected chi connectivity index (χ4v) is 6.08. The number of esters is 2. The Morgan fingerprint density at radius 2 is 1.02 bits per heavy atom. The van der Waals surface area contributed by atoms with Gasteiger partial charge in [-0.3, -0.25) is 9.59 Å². The van der Waals surface area contributed by atoms with Crippen LogP contribution in [0, 0.1) is 0 Å². The fourth-order valence-electron chi connectivity index (χ4n) is 6.08. The summed E-state index contributed by atoms with van der Waals surface area (Å²) in [6.45, 7) is 4.70. The monoisotopic (exact) mass is 723 g/mol. The lowest BCUT2D eigenvalue weighted by atomic mass is 10.1. The summed E-state index contributed by atoms with van der Waals surface area (Å²) in [6.07, 6.45) is 36.4. The zero-order valence-corrected chi connectivity index (χ0v) is 33.8. The van der Waals surface area contributed by atoms with Gasteiger partial charge in [0.2, 0.25) is 0 Å². The van der Waals surface area contributed by atoms with Crippen LogP contribution in [-0.4, -0.2) is 80.6 Å². The highest BCUT2D eigenvalue weighted by molar-refractivity contribution is 5.72. The molecule has 0 aromatic carbocycles. The maximum atomic E-state index is 12.6. The molecule has 2 atom stereocenters. The summed E-state index contributed by atoms with van der Waals surface area (Å²) >= 11 is 0. The molecule has 0 spiro atoms. The van der Waals surface area contributed by atoms with Gasteiger partial charge in [-0.25, -0.2) is 4.79 Å². The highest BCUT2D eigenvalue weighted by Crippen LogP contribution is 2.14. The predicted molar refractivity (Wildman–Crippen MR) is 211 cm³/mol. The van der Waals surface area contributed by atoms with Gasteiger partial charge in [-0.05, 0) is 38.5 Å². The molecular formula is C43H80NO7+. The molecule has 298 valence electrons. The Labute approximate surface area is 313 Å². The number of hydrogen-bond donors (Lipinski definition) is 1. The summed E-state index contributed by atoms with van der Waals surface area (Å²) in [5.41, 5.74) is 0. The fraction of sp³-hybridized carbons (Fsp3) is 0.837. The van der Waals surface area contributed by atoms with E-state index in [1.165, 1.54) is 96.3 Å². The molecule has 0 saturated heterocycles. The van der Waals surface area contributed by atoms with E-state index in [2.05, 4.69) is 38.2 Å². The SMILES string of the molecule is CCCCCCCCC/C=C/C=C/CCCCCC(=O)OCC(COCCC(C(=O)O)[N+](C)(C)C)OC(=O)CCCCCCCCCCCCC. The van der Waals surface area contributed by atoms with E-state index in [9.17, 15) is 19.5 Å². The highest BCUT2D eigenvalue weighted by atomic mass is 16.6. The predicted octanol–water partition coefficient (Wildman–Crippen LogP) is 10.9. The van der Waals surface area contributed by atoms with Crippen LogP contribution >= 0.6 is 0 Å². The van der Waals surface area contributed by atoms with Crippen molar-refractivity contribution < 1.29 is 38.2 Å². The first-order chi connectivity index (χ1) is 24.6. The molecule has 0 aromatic rings. The van der Waals surface area contributed by atoms with Crippen molar-refractivity contribution in [2.45, 2.75) is 193 Å². The van der Waals surface area contributed by atoms with Gasteiger partial charge >= 0.3 is 17.9 Å². The van der Waals surface area contributed by atoms with E-state index in [1.54, 1.807) is 0 Å². The van der Waals surface area contributed by atoms with Crippen LogP contribution in [0.2, 0.25) is 0 Å². The molecule has 1 N–H and O–H groups in total. The van der Waals surface area contributed by atoms with E-state index in [1.807, 2.05) is 21.1 Å². The number of rotatable bonds is 37. The second-order valence-electron chi connectivity index (χ2n) is 15.3. The quantitative estimate of drug-likeness (QED) is 0.0295. The molecule has 0 rings (SSSR count). The van der Waals surface area contributed by atoms with Crippen LogP contribution in [0.3, 0.4) is 0 Å². The van der Waals surface area contributed by atoms with Gasteiger partial charge in [-0.1, -0.05) is 147 Å². The molecule has 0 amide bonds. The minimum atomic E-state index is -0.878. The Bertz CT molecular complexity index is 895. The second-order valence-corrected chi connectivity index (χ2v) is 15.3. The van der Waals surface area contributed by atoms with E-state index < -0.39 is 18.1 Å². The number of nitrogens with zero attached hydrogens (tertiary/aromatic N) is 1. The highest BCUT2D eigenvalue weighted by Gasteiger charge is 2.31. The topological polar surface area (TPSA) is 99.1 Å². The van der Waals surface area contributed by atoms with E-state index >= 15 is 0 Å². The van der Waals surface area contributed by atoms with Crippen molar-refractivity contribution in [2.24, 2.45) is 0 Å². The number of ether oxygens (including phenoxy) is 3. The third-order valence-electron chi connectivity index (χ3n) is 9.38. The molecule has 0 bridgehead atoms. The smallest absolute Gasteiger partial charge is 0.362 e. The zero-order chi connectivity index (χ0) is 37.8. The van der Waals surface area contributed by atoms with Gasteiger partial charge < -0.3 is 23.8 Å². The molecule has 0 heterocycles. The maximum absolute atomic E-state index is 12.6. The van der Waals surface area contributed by atoms with Crippen LogP contribution in [0.1, 0.15) is 181 Å². The molecule has 2 unspecified atom stereocenters. The third kappa shape index (κ3) is 33.4. The summed E-state index contributed by atoms with van der Waals surface area (Å²) < 4.78 is 17.2. The van der Waals surface area contributed by atoms with Crippen LogP contribution in [0.5, 0.6) is 0 Å². The Hall–Kier alpha value is -2.19. The normalized spacial score (nSPS) is 13.2. The maximum Gasteiger partial charge on any atom is 0.362 e. The Morgan fingerprint density at radius 3 is 1.49 bits per heavy atom.